The number of benzene rings is 2. The second-order valence-corrected chi connectivity index (χ2v) is 9.54. The van der Waals surface area contributed by atoms with Gasteiger partial charge in [0.05, 0.1) is 12.1 Å². The van der Waals surface area contributed by atoms with Gasteiger partial charge in [-0.2, -0.15) is 0 Å². The molecular formula is C27H36N2O2. The summed E-state index contributed by atoms with van der Waals surface area (Å²) < 4.78 is 0. The van der Waals surface area contributed by atoms with Crippen LogP contribution in [0.1, 0.15) is 92.2 Å². The number of aromatic hydroxyl groups is 2. The van der Waals surface area contributed by atoms with Crippen molar-refractivity contribution < 1.29 is 10.2 Å². The molecule has 1 saturated carbocycles. The molecule has 0 aromatic heterocycles. The number of phenols is 2. The van der Waals surface area contributed by atoms with Crippen LogP contribution in [0.2, 0.25) is 0 Å². The number of phenolic OH excluding ortho intramolecular Hbond substituents is 2. The van der Waals surface area contributed by atoms with Gasteiger partial charge in [-0.15, -0.1) is 0 Å². The highest BCUT2D eigenvalue weighted by atomic mass is 16.3. The molecule has 1 aliphatic rings. The molecule has 0 amide bonds. The van der Waals surface area contributed by atoms with Crippen LogP contribution in [0, 0.1) is 13.8 Å². The van der Waals surface area contributed by atoms with Crippen LogP contribution in [-0.2, 0) is 0 Å². The summed E-state index contributed by atoms with van der Waals surface area (Å²) in [6.45, 7) is 12.5. The first kappa shape index (κ1) is 23.1. The van der Waals surface area contributed by atoms with Crippen molar-refractivity contribution in [1.82, 2.24) is 0 Å². The standard InChI is InChI=1S/C27H36N2O2/c1-16(2)20-9-18(5)26(30)22(11-20)14-28-24-7-8-25(13-24)29-15-23-12-21(17(3)4)10-19(6)27(23)31/h9-12,14-17,24-25,30-31H,7-8,13H2,1-6H3. The van der Waals surface area contributed by atoms with Gasteiger partial charge in [0.15, 0.2) is 0 Å². The van der Waals surface area contributed by atoms with Crippen LogP contribution in [0.15, 0.2) is 34.3 Å². The number of hydrogen-bond donors (Lipinski definition) is 2. The molecule has 2 aromatic carbocycles. The Kier molecular flexibility index (Phi) is 7.19. The van der Waals surface area contributed by atoms with E-state index < -0.39 is 0 Å². The highest BCUT2D eigenvalue weighted by Gasteiger charge is 2.23. The Morgan fingerprint density at radius 3 is 1.48 bits per heavy atom. The zero-order valence-corrected chi connectivity index (χ0v) is 19.7. The van der Waals surface area contributed by atoms with Gasteiger partial charge in [0.2, 0.25) is 0 Å². The maximum atomic E-state index is 10.4. The molecule has 166 valence electrons. The summed E-state index contributed by atoms with van der Waals surface area (Å²) in [6.07, 6.45) is 6.51. The molecule has 2 aromatic rings. The zero-order valence-electron chi connectivity index (χ0n) is 19.7. The fourth-order valence-electron chi connectivity index (χ4n) is 4.11. The SMILES string of the molecule is Cc1cc(C(C)C)cc(C=NC2CCC(N=Cc3cc(C(C)C)cc(C)c3O)C2)c1O. The Labute approximate surface area is 186 Å². The Hall–Kier alpha value is -2.62. The lowest BCUT2D eigenvalue weighted by Crippen LogP contribution is -2.03. The van der Waals surface area contributed by atoms with Crippen LogP contribution in [0.5, 0.6) is 11.5 Å². The molecule has 4 heteroatoms. The van der Waals surface area contributed by atoms with Gasteiger partial charge in [0, 0.05) is 23.6 Å². The molecule has 31 heavy (non-hydrogen) atoms. The van der Waals surface area contributed by atoms with Crippen LogP contribution in [0.3, 0.4) is 0 Å². The number of aryl methyl sites for hydroxylation is 2. The summed E-state index contributed by atoms with van der Waals surface area (Å²) in [5.41, 5.74) is 5.79. The van der Waals surface area contributed by atoms with Crippen molar-refractivity contribution in [2.24, 2.45) is 9.98 Å². The van der Waals surface area contributed by atoms with E-state index >= 15 is 0 Å². The topological polar surface area (TPSA) is 65.2 Å². The Balaban J connectivity index is 1.69. The molecule has 2 unspecified atom stereocenters. The quantitative estimate of drug-likeness (QED) is 0.530. The third kappa shape index (κ3) is 5.55. The molecule has 0 spiro atoms. The fraction of sp³-hybridized carbons (Fsp3) is 0.481. The highest BCUT2D eigenvalue weighted by molar-refractivity contribution is 5.85. The molecule has 1 fully saturated rings. The maximum absolute atomic E-state index is 10.4. The second kappa shape index (κ2) is 9.67. The normalized spacial score (nSPS) is 19.5. The van der Waals surface area contributed by atoms with Gasteiger partial charge in [-0.25, -0.2) is 0 Å². The van der Waals surface area contributed by atoms with Crippen molar-refractivity contribution in [1.29, 1.82) is 0 Å². The largest absolute Gasteiger partial charge is 0.507 e. The first-order chi connectivity index (χ1) is 14.7. The molecule has 1 aliphatic carbocycles. The van der Waals surface area contributed by atoms with E-state index in [4.69, 9.17) is 9.98 Å². The van der Waals surface area contributed by atoms with Crippen LogP contribution in [0.25, 0.3) is 0 Å². The maximum Gasteiger partial charge on any atom is 0.127 e. The van der Waals surface area contributed by atoms with E-state index in [9.17, 15) is 10.2 Å². The summed E-state index contributed by atoms with van der Waals surface area (Å²) in [4.78, 5) is 9.52. The van der Waals surface area contributed by atoms with E-state index in [1.807, 2.05) is 50.5 Å². The van der Waals surface area contributed by atoms with Crippen molar-refractivity contribution in [3.63, 3.8) is 0 Å². The van der Waals surface area contributed by atoms with Crippen LogP contribution < -0.4 is 0 Å². The van der Waals surface area contributed by atoms with Gasteiger partial charge < -0.3 is 10.2 Å². The van der Waals surface area contributed by atoms with Crippen LogP contribution in [0.4, 0.5) is 0 Å². The van der Waals surface area contributed by atoms with Crippen molar-refractivity contribution in [3.8, 4) is 11.5 Å². The Morgan fingerprint density at radius 2 is 1.13 bits per heavy atom. The van der Waals surface area contributed by atoms with E-state index in [1.54, 1.807) is 0 Å². The lowest BCUT2D eigenvalue weighted by molar-refractivity contribution is 0.469. The molecule has 0 saturated heterocycles. The molecular weight excluding hydrogens is 384 g/mol. The van der Waals surface area contributed by atoms with Gasteiger partial charge >= 0.3 is 0 Å². The lowest BCUT2D eigenvalue weighted by atomic mass is 9.97. The average molecular weight is 421 g/mol. The second-order valence-electron chi connectivity index (χ2n) is 9.54. The van der Waals surface area contributed by atoms with E-state index in [2.05, 4.69) is 27.7 Å². The monoisotopic (exact) mass is 420 g/mol. The van der Waals surface area contributed by atoms with Crippen molar-refractivity contribution in [2.75, 3.05) is 0 Å². The average Bonchev–Trinajstić information content (AvgIpc) is 3.17. The minimum Gasteiger partial charge on any atom is -0.507 e. The van der Waals surface area contributed by atoms with E-state index in [1.165, 1.54) is 11.1 Å². The van der Waals surface area contributed by atoms with Crippen molar-refractivity contribution in [3.05, 3.63) is 57.6 Å². The summed E-state index contributed by atoms with van der Waals surface area (Å²) in [6, 6.07) is 8.58. The molecule has 0 heterocycles. The summed E-state index contributed by atoms with van der Waals surface area (Å²) in [7, 11) is 0. The van der Waals surface area contributed by atoms with Gasteiger partial charge in [-0.3, -0.25) is 9.98 Å². The molecule has 2 atom stereocenters. The van der Waals surface area contributed by atoms with Gasteiger partial charge in [-0.1, -0.05) is 39.8 Å². The predicted molar refractivity (Wildman–Crippen MR) is 130 cm³/mol. The summed E-state index contributed by atoms with van der Waals surface area (Å²) >= 11 is 0. The molecule has 0 aliphatic heterocycles. The number of aliphatic imine (C=N–C) groups is 2. The van der Waals surface area contributed by atoms with E-state index in [-0.39, 0.29) is 12.1 Å². The molecule has 4 nitrogen and oxygen atoms in total. The molecule has 3 rings (SSSR count). The zero-order chi connectivity index (χ0) is 22.7. The predicted octanol–water partition coefficient (Wildman–Crippen LogP) is 6.42. The third-order valence-corrected chi connectivity index (χ3v) is 6.26. The van der Waals surface area contributed by atoms with Gasteiger partial charge in [0.25, 0.3) is 0 Å². The number of rotatable bonds is 6. The van der Waals surface area contributed by atoms with Crippen LogP contribution in [-0.4, -0.2) is 34.7 Å². The van der Waals surface area contributed by atoms with E-state index in [0.717, 1.165) is 41.5 Å². The van der Waals surface area contributed by atoms with Crippen molar-refractivity contribution >= 4 is 12.4 Å². The Bertz CT molecular complexity index is 910. The Morgan fingerprint density at radius 1 is 0.742 bits per heavy atom. The smallest absolute Gasteiger partial charge is 0.127 e. The van der Waals surface area contributed by atoms with Gasteiger partial charge in [0.1, 0.15) is 11.5 Å². The molecule has 0 radical (unpaired) electrons. The minimum atomic E-state index is 0.210. The van der Waals surface area contributed by atoms with Gasteiger partial charge in [-0.05, 0) is 79.3 Å². The third-order valence-electron chi connectivity index (χ3n) is 6.26. The first-order valence-electron chi connectivity index (χ1n) is 11.4. The van der Waals surface area contributed by atoms with Crippen LogP contribution >= 0.6 is 0 Å². The molecule has 0 bridgehead atoms. The number of nitrogens with zero attached hydrogens (tertiary/aromatic N) is 2. The van der Waals surface area contributed by atoms with E-state index in [0.29, 0.717) is 23.3 Å². The number of hydrogen-bond acceptors (Lipinski definition) is 4. The minimum absolute atomic E-state index is 0.210. The first-order valence-corrected chi connectivity index (χ1v) is 11.4. The molecule has 2 N–H and O–H groups in total. The van der Waals surface area contributed by atoms with Crippen molar-refractivity contribution in [2.45, 2.75) is 84.7 Å². The highest BCUT2D eigenvalue weighted by Crippen LogP contribution is 2.30. The summed E-state index contributed by atoms with van der Waals surface area (Å²) in [5, 5.41) is 20.8. The fourth-order valence-corrected chi connectivity index (χ4v) is 4.11. The lowest BCUT2D eigenvalue weighted by Gasteiger charge is -2.11. The summed E-state index contributed by atoms with van der Waals surface area (Å²) in [5.74, 6) is 1.45.